The van der Waals surface area contributed by atoms with E-state index in [1.807, 2.05) is 31.2 Å². The first-order valence-corrected chi connectivity index (χ1v) is 6.99. The van der Waals surface area contributed by atoms with Crippen LogP contribution < -0.4 is 10.6 Å². The van der Waals surface area contributed by atoms with Crippen LogP contribution in [-0.4, -0.2) is 41.5 Å². The molecule has 2 N–H and O–H groups in total. The molecule has 1 aromatic carbocycles. The zero-order valence-electron chi connectivity index (χ0n) is 12.3. The summed E-state index contributed by atoms with van der Waals surface area (Å²) in [5.41, 5.74) is 2.03. The van der Waals surface area contributed by atoms with Crippen molar-refractivity contribution in [1.82, 2.24) is 15.1 Å². The van der Waals surface area contributed by atoms with E-state index in [0.29, 0.717) is 19.0 Å². The zero-order chi connectivity index (χ0) is 14.7. The number of hydrogen-bond acceptors (Lipinski definition) is 4. The zero-order valence-corrected chi connectivity index (χ0v) is 13.1. The number of carbonyl (C=O) groups excluding carboxylic acids is 1. The Hall–Kier alpha value is -1.89. The highest BCUT2D eigenvalue weighted by Crippen LogP contribution is 2.18. The Morgan fingerprint density at radius 3 is 2.95 bits per heavy atom. The van der Waals surface area contributed by atoms with Crippen molar-refractivity contribution in [3.8, 4) is 5.69 Å². The van der Waals surface area contributed by atoms with E-state index in [4.69, 9.17) is 4.74 Å². The van der Waals surface area contributed by atoms with Crippen LogP contribution in [0.15, 0.2) is 36.5 Å². The van der Waals surface area contributed by atoms with Crippen molar-refractivity contribution < 1.29 is 9.53 Å². The lowest BCUT2D eigenvalue weighted by Gasteiger charge is -2.22. The van der Waals surface area contributed by atoms with Gasteiger partial charge in [-0.1, -0.05) is 18.2 Å². The average molecular weight is 323 g/mol. The van der Waals surface area contributed by atoms with Gasteiger partial charge in [0.25, 0.3) is 5.91 Å². The van der Waals surface area contributed by atoms with Crippen molar-refractivity contribution in [1.29, 1.82) is 0 Å². The maximum absolute atomic E-state index is 12.2. The van der Waals surface area contributed by atoms with Crippen LogP contribution in [0.2, 0.25) is 0 Å². The topological polar surface area (TPSA) is 68.2 Å². The Morgan fingerprint density at radius 1 is 1.41 bits per heavy atom. The summed E-state index contributed by atoms with van der Waals surface area (Å²) in [5.74, 6) is 0.487. The molecule has 1 aromatic heterocycles. The van der Waals surface area contributed by atoms with Crippen molar-refractivity contribution in [2.45, 2.75) is 13.0 Å². The van der Waals surface area contributed by atoms with Crippen LogP contribution in [-0.2, 0) is 9.53 Å². The summed E-state index contributed by atoms with van der Waals surface area (Å²) in [7, 11) is 0. The highest BCUT2D eigenvalue weighted by Gasteiger charge is 2.22. The number of para-hydroxylation sites is 1. The number of rotatable bonds is 3. The second kappa shape index (κ2) is 7.40. The fourth-order valence-corrected chi connectivity index (χ4v) is 2.33. The summed E-state index contributed by atoms with van der Waals surface area (Å²) in [5, 5.41) is 10.3. The number of ether oxygens (including phenoxy) is 1. The number of nitrogens with one attached hydrogen (secondary N) is 2. The molecule has 0 radical (unpaired) electrons. The molecule has 1 unspecified atom stereocenters. The number of aryl methyl sites for hydroxylation is 1. The number of nitrogens with zero attached hydrogens (tertiary/aromatic N) is 2. The third kappa shape index (κ3) is 3.47. The molecule has 2 aromatic rings. The lowest BCUT2D eigenvalue weighted by Crippen LogP contribution is -2.45. The first-order chi connectivity index (χ1) is 10.3. The van der Waals surface area contributed by atoms with Crippen LogP contribution in [0.1, 0.15) is 5.56 Å². The predicted octanol–water partition coefficient (Wildman–Crippen LogP) is 1.53. The summed E-state index contributed by atoms with van der Waals surface area (Å²) in [6.07, 6.45) is 1.21. The van der Waals surface area contributed by atoms with E-state index in [1.165, 1.54) is 0 Å². The van der Waals surface area contributed by atoms with Crippen LogP contribution in [0.25, 0.3) is 5.69 Å². The molecule has 0 aliphatic carbocycles. The van der Waals surface area contributed by atoms with Crippen LogP contribution in [0.5, 0.6) is 0 Å². The highest BCUT2D eigenvalue weighted by atomic mass is 35.5. The van der Waals surface area contributed by atoms with Gasteiger partial charge < -0.3 is 15.4 Å². The summed E-state index contributed by atoms with van der Waals surface area (Å²) in [6, 6.07) is 9.68. The van der Waals surface area contributed by atoms with E-state index >= 15 is 0 Å². The third-order valence-electron chi connectivity index (χ3n) is 3.46. The molecule has 7 heteroatoms. The molecule has 118 valence electrons. The van der Waals surface area contributed by atoms with Crippen LogP contribution in [0, 0.1) is 6.92 Å². The Balaban J connectivity index is 0.00000176. The fourth-order valence-electron chi connectivity index (χ4n) is 2.33. The molecule has 2 heterocycles. The average Bonchev–Trinajstić information content (AvgIpc) is 2.96. The molecule has 0 bridgehead atoms. The van der Waals surface area contributed by atoms with Gasteiger partial charge >= 0.3 is 0 Å². The highest BCUT2D eigenvalue weighted by molar-refractivity contribution is 5.94. The predicted molar refractivity (Wildman–Crippen MR) is 86.8 cm³/mol. The van der Waals surface area contributed by atoms with E-state index < -0.39 is 6.10 Å². The van der Waals surface area contributed by atoms with E-state index in [0.717, 1.165) is 17.8 Å². The molecule has 6 nitrogen and oxygen atoms in total. The minimum atomic E-state index is -0.459. The number of anilines is 1. The van der Waals surface area contributed by atoms with Crippen LogP contribution in [0.4, 0.5) is 5.82 Å². The molecule has 1 amide bonds. The maximum atomic E-state index is 12.2. The number of morpholine rings is 1. The molecular weight excluding hydrogens is 304 g/mol. The lowest BCUT2D eigenvalue weighted by atomic mass is 10.2. The van der Waals surface area contributed by atoms with Gasteiger partial charge in [0.05, 0.1) is 18.5 Å². The molecule has 1 atom stereocenters. The summed E-state index contributed by atoms with van der Waals surface area (Å²) >= 11 is 0. The number of carbonyl (C=O) groups is 1. The smallest absolute Gasteiger partial charge is 0.255 e. The van der Waals surface area contributed by atoms with Crippen molar-refractivity contribution in [2.24, 2.45) is 0 Å². The van der Waals surface area contributed by atoms with E-state index in [2.05, 4.69) is 15.7 Å². The van der Waals surface area contributed by atoms with Gasteiger partial charge in [0, 0.05) is 19.2 Å². The molecular formula is C15H19ClN4O2. The minimum Gasteiger partial charge on any atom is -0.366 e. The molecule has 0 spiro atoms. The molecule has 1 aliphatic heterocycles. The van der Waals surface area contributed by atoms with Gasteiger partial charge in [-0.2, -0.15) is 5.10 Å². The molecule has 22 heavy (non-hydrogen) atoms. The quantitative estimate of drug-likeness (QED) is 0.899. The van der Waals surface area contributed by atoms with E-state index in [1.54, 1.807) is 16.9 Å². The summed E-state index contributed by atoms with van der Waals surface area (Å²) < 4.78 is 7.18. The van der Waals surface area contributed by atoms with Gasteiger partial charge in [0.2, 0.25) is 0 Å². The number of benzene rings is 1. The largest absolute Gasteiger partial charge is 0.366 e. The van der Waals surface area contributed by atoms with Crippen molar-refractivity contribution >= 4 is 24.1 Å². The lowest BCUT2D eigenvalue weighted by molar-refractivity contribution is -0.128. The van der Waals surface area contributed by atoms with Gasteiger partial charge in [0.15, 0.2) is 0 Å². The number of aromatic nitrogens is 2. The SMILES string of the molecule is Cc1ccccc1-n1nccc1NC(=O)C1CNCCO1.Cl. The second-order valence-electron chi connectivity index (χ2n) is 4.97. The molecule has 3 rings (SSSR count). The fraction of sp³-hybridized carbons (Fsp3) is 0.333. The Kier molecular flexibility index (Phi) is 5.54. The summed E-state index contributed by atoms with van der Waals surface area (Å²) in [6.45, 7) is 3.88. The van der Waals surface area contributed by atoms with Crippen molar-refractivity contribution in [3.05, 3.63) is 42.1 Å². The maximum Gasteiger partial charge on any atom is 0.255 e. The molecule has 1 fully saturated rings. The number of hydrogen-bond donors (Lipinski definition) is 2. The monoisotopic (exact) mass is 322 g/mol. The Bertz CT molecular complexity index is 638. The second-order valence-corrected chi connectivity index (χ2v) is 4.97. The first-order valence-electron chi connectivity index (χ1n) is 6.99. The van der Waals surface area contributed by atoms with Gasteiger partial charge in [-0.25, -0.2) is 4.68 Å². The Morgan fingerprint density at radius 2 is 2.23 bits per heavy atom. The van der Waals surface area contributed by atoms with Crippen molar-refractivity contribution in [3.63, 3.8) is 0 Å². The third-order valence-corrected chi connectivity index (χ3v) is 3.46. The van der Waals surface area contributed by atoms with Gasteiger partial charge in [-0.05, 0) is 18.6 Å². The standard InChI is InChI=1S/C15H18N4O2.ClH/c1-11-4-2-3-5-12(11)19-14(6-7-17-19)18-15(20)13-10-16-8-9-21-13;/h2-7,13,16H,8-10H2,1H3,(H,18,20);1H. The first kappa shape index (κ1) is 16.5. The number of amides is 1. The van der Waals surface area contributed by atoms with Crippen LogP contribution >= 0.6 is 12.4 Å². The van der Waals surface area contributed by atoms with Gasteiger partial charge in [-0.15, -0.1) is 12.4 Å². The molecule has 1 aliphatic rings. The number of halogens is 1. The van der Waals surface area contributed by atoms with E-state index in [9.17, 15) is 4.79 Å². The minimum absolute atomic E-state index is 0. The van der Waals surface area contributed by atoms with E-state index in [-0.39, 0.29) is 18.3 Å². The Labute approximate surface area is 135 Å². The molecule has 0 saturated carbocycles. The van der Waals surface area contributed by atoms with Crippen LogP contribution in [0.3, 0.4) is 0 Å². The van der Waals surface area contributed by atoms with Gasteiger partial charge in [-0.3, -0.25) is 4.79 Å². The molecule has 1 saturated heterocycles. The van der Waals surface area contributed by atoms with Crippen molar-refractivity contribution in [2.75, 3.05) is 25.0 Å². The normalized spacial score (nSPS) is 17.6. The van der Waals surface area contributed by atoms with Gasteiger partial charge in [0.1, 0.15) is 11.9 Å². The summed E-state index contributed by atoms with van der Waals surface area (Å²) in [4.78, 5) is 12.2.